The zero-order chi connectivity index (χ0) is 11.8. The van der Waals surface area contributed by atoms with E-state index in [0.29, 0.717) is 11.9 Å². The van der Waals surface area contributed by atoms with Gasteiger partial charge in [0.15, 0.2) is 0 Å². The van der Waals surface area contributed by atoms with Crippen molar-refractivity contribution in [3.05, 3.63) is 0 Å². The Kier molecular flexibility index (Phi) is 3.24. The average Bonchev–Trinajstić information content (AvgIpc) is 3.00. The molecule has 1 saturated heterocycles. The topological polar surface area (TPSA) is 32.3 Å². The van der Waals surface area contributed by atoms with Gasteiger partial charge in [0.2, 0.25) is 5.91 Å². The number of nitrogens with zero attached hydrogens (tertiary/aromatic N) is 1. The zero-order valence-electron chi connectivity index (χ0n) is 10.8. The van der Waals surface area contributed by atoms with Crippen molar-refractivity contribution in [3.63, 3.8) is 0 Å². The molecule has 0 unspecified atom stereocenters. The van der Waals surface area contributed by atoms with Gasteiger partial charge in [0.25, 0.3) is 0 Å². The molecule has 1 aliphatic heterocycles. The first-order valence-corrected chi connectivity index (χ1v) is 6.52. The van der Waals surface area contributed by atoms with Gasteiger partial charge < -0.3 is 5.32 Å². The second-order valence-corrected chi connectivity index (χ2v) is 6.22. The molecule has 1 saturated carbocycles. The molecule has 0 spiro atoms. The molecule has 0 aromatic carbocycles. The molecule has 0 aromatic rings. The van der Waals surface area contributed by atoms with Crippen LogP contribution in [-0.4, -0.2) is 35.5 Å². The highest BCUT2D eigenvalue weighted by Gasteiger charge is 2.32. The van der Waals surface area contributed by atoms with Crippen LogP contribution in [0.3, 0.4) is 0 Å². The van der Waals surface area contributed by atoms with E-state index in [0.717, 1.165) is 25.9 Å². The summed E-state index contributed by atoms with van der Waals surface area (Å²) in [5.74, 6) is 0.565. The van der Waals surface area contributed by atoms with Crippen molar-refractivity contribution < 1.29 is 4.79 Å². The minimum atomic E-state index is 0.248. The first-order chi connectivity index (χ1) is 7.47. The number of amides is 1. The Morgan fingerprint density at radius 3 is 2.12 bits per heavy atom. The molecular weight excluding hydrogens is 200 g/mol. The van der Waals surface area contributed by atoms with Crippen LogP contribution in [0.15, 0.2) is 0 Å². The summed E-state index contributed by atoms with van der Waals surface area (Å²) >= 11 is 0. The summed E-state index contributed by atoms with van der Waals surface area (Å²) in [7, 11) is 0. The minimum absolute atomic E-state index is 0.248. The Bertz CT molecular complexity index is 258. The molecule has 1 amide bonds. The van der Waals surface area contributed by atoms with Crippen LogP contribution in [-0.2, 0) is 4.79 Å². The van der Waals surface area contributed by atoms with E-state index in [4.69, 9.17) is 0 Å². The van der Waals surface area contributed by atoms with Crippen LogP contribution in [0.5, 0.6) is 0 Å². The van der Waals surface area contributed by atoms with Gasteiger partial charge in [-0.1, -0.05) is 0 Å². The van der Waals surface area contributed by atoms with E-state index in [9.17, 15) is 4.79 Å². The van der Waals surface area contributed by atoms with E-state index in [-0.39, 0.29) is 11.5 Å². The lowest BCUT2D eigenvalue weighted by molar-refractivity contribution is -0.127. The summed E-state index contributed by atoms with van der Waals surface area (Å²) in [6, 6.07) is 0.508. The third kappa shape index (κ3) is 2.97. The summed E-state index contributed by atoms with van der Waals surface area (Å²) in [4.78, 5) is 14.4. The van der Waals surface area contributed by atoms with Crippen LogP contribution >= 0.6 is 0 Å². The Morgan fingerprint density at radius 2 is 1.69 bits per heavy atom. The van der Waals surface area contributed by atoms with E-state index in [1.165, 1.54) is 12.8 Å². The van der Waals surface area contributed by atoms with E-state index < -0.39 is 0 Å². The van der Waals surface area contributed by atoms with Gasteiger partial charge in [-0.25, -0.2) is 0 Å². The van der Waals surface area contributed by atoms with E-state index >= 15 is 0 Å². The number of carbonyl (C=O) groups is 1. The highest BCUT2D eigenvalue weighted by Crippen LogP contribution is 2.25. The fourth-order valence-electron chi connectivity index (χ4n) is 2.36. The van der Waals surface area contributed by atoms with E-state index in [1.54, 1.807) is 0 Å². The first-order valence-electron chi connectivity index (χ1n) is 6.52. The monoisotopic (exact) mass is 224 g/mol. The van der Waals surface area contributed by atoms with Crippen molar-refractivity contribution in [2.24, 2.45) is 5.92 Å². The Morgan fingerprint density at radius 1 is 1.12 bits per heavy atom. The quantitative estimate of drug-likeness (QED) is 0.775. The first kappa shape index (κ1) is 11.9. The number of likely N-dealkylation sites (tertiary alicyclic amines) is 1. The molecule has 0 aromatic heterocycles. The van der Waals surface area contributed by atoms with Gasteiger partial charge in [-0.3, -0.25) is 9.69 Å². The molecule has 2 fully saturated rings. The third-order valence-corrected chi connectivity index (χ3v) is 3.74. The van der Waals surface area contributed by atoms with Crippen LogP contribution in [0.2, 0.25) is 0 Å². The molecule has 16 heavy (non-hydrogen) atoms. The second kappa shape index (κ2) is 4.36. The summed E-state index contributed by atoms with van der Waals surface area (Å²) in [5.41, 5.74) is 0.248. The molecule has 1 heterocycles. The molecular formula is C13H24N2O. The minimum Gasteiger partial charge on any atom is -0.353 e. The number of nitrogens with one attached hydrogen (secondary N) is 1. The van der Waals surface area contributed by atoms with Gasteiger partial charge in [-0.2, -0.15) is 0 Å². The zero-order valence-corrected chi connectivity index (χ0v) is 10.8. The van der Waals surface area contributed by atoms with Crippen molar-refractivity contribution >= 4 is 5.91 Å². The molecule has 0 radical (unpaired) electrons. The van der Waals surface area contributed by atoms with Crippen LogP contribution in [0, 0.1) is 5.92 Å². The molecule has 0 bridgehead atoms. The van der Waals surface area contributed by atoms with Gasteiger partial charge in [0, 0.05) is 17.5 Å². The second-order valence-electron chi connectivity index (χ2n) is 6.22. The van der Waals surface area contributed by atoms with E-state index in [1.807, 2.05) is 0 Å². The van der Waals surface area contributed by atoms with Crippen molar-refractivity contribution in [2.75, 3.05) is 13.1 Å². The fraction of sp³-hybridized carbons (Fsp3) is 0.923. The molecule has 1 aliphatic carbocycles. The maximum Gasteiger partial charge on any atom is 0.223 e. The van der Waals surface area contributed by atoms with E-state index in [2.05, 4.69) is 31.0 Å². The van der Waals surface area contributed by atoms with Crippen LogP contribution in [0.25, 0.3) is 0 Å². The number of rotatable bonds is 2. The lowest BCUT2D eigenvalue weighted by Gasteiger charge is -2.40. The predicted molar refractivity (Wildman–Crippen MR) is 65.2 cm³/mol. The number of carbonyl (C=O) groups excluding carboxylic acids is 1. The third-order valence-electron chi connectivity index (χ3n) is 3.74. The van der Waals surface area contributed by atoms with Crippen LogP contribution in [0.1, 0.15) is 46.5 Å². The van der Waals surface area contributed by atoms with Crippen molar-refractivity contribution in [1.82, 2.24) is 10.2 Å². The predicted octanol–water partition coefficient (Wildman–Crippen LogP) is 1.78. The number of hydrogen-bond donors (Lipinski definition) is 1. The Labute approximate surface area is 98.6 Å². The molecule has 1 N–H and O–H groups in total. The highest BCUT2D eigenvalue weighted by molar-refractivity contribution is 5.79. The molecule has 3 nitrogen and oxygen atoms in total. The van der Waals surface area contributed by atoms with Gasteiger partial charge in [0.1, 0.15) is 0 Å². The average molecular weight is 224 g/mol. The normalized spacial score (nSPS) is 24.4. The number of hydrogen-bond acceptors (Lipinski definition) is 2. The summed E-state index contributed by atoms with van der Waals surface area (Å²) in [5, 5.41) is 3.12. The van der Waals surface area contributed by atoms with Gasteiger partial charge in [0.05, 0.1) is 0 Å². The smallest absolute Gasteiger partial charge is 0.223 e. The SMILES string of the molecule is CC(C)(C)N1CCC(C(=O)NC2CC2)CC1. The molecule has 2 rings (SSSR count). The Balaban J connectivity index is 1.77. The highest BCUT2D eigenvalue weighted by atomic mass is 16.2. The molecule has 3 heteroatoms. The van der Waals surface area contributed by atoms with Gasteiger partial charge in [-0.15, -0.1) is 0 Å². The molecule has 92 valence electrons. The maximum atomic E-state index is 11.9. The Hall–Kier alpha value is -0.570. The van der Waals surface area contributed by atoms with Crippen molar-refractivity contribution in [3.8, 4) is 0 Å². The number of piperidine rings is 1. The van der Waals surface area contributed by atoms with Gasteiger partial charge in [-0.05, 0) is 59.5 Å². The molecule has 0 atom stereocenters. The fourth-order valence-corrected chi connectivity index (χ4v) is 2.36. The summed E-state index contributed by atoms with van der Waals surface area (Å²) in [6.45, 7) is 8.87. The lowest BCUT2D eigenvalue weighted by Crippen LogP contribution is -2.48. The largest absolute Gasteiger partial charge is 0.353 e. The standard InChI is InChI=1S/C13H24N2O/c1-13(2,3)15-8-6-10(7-9-15)12(16)14-11-4-5-11/h10-11H,4-9H2,1-3H3,(H,14,16). The molecule has 2 aliphatic rings. The summed E-state index contributed by atoms with van der Waals surface area (Å²) < 4.78 is 0. The van der Waals surface area contributed by atoms with Crippen LogP contribution < -0.4 is 5.32 Å². The van der Waals surface area contributed by atoms with Crippen molar-refractivity contribution in [2.45, 2.75) is 58.0 Å². The maximum absolute atomic E-state index is 11.9. The van der Waals surface area contributed by atoms with Crippen LogP contribution in [0.4, 0.5) is 0 Å². The summed E-state index contributed by atoms with van der Waals surface area (Å²) in [6.07, 6.45) is 4.42. The van der Waals surface area contributed by atoms with Crippen molar-refractivity contribution in [1.29, 1.82) is 0 Å². The van der Waals surface area contributed by atoms with Gasteiger partial charge >= 0.3 is 0 Å². The lowest BCUT2D eigenvalue weighted by atomic mass is 9.92.